The number of carbonyl (C=O) groups is 1. The molecule has 2 aromatic carbocycles. The number of carbonyl (C=O) groups excluding carboxylic acids is 1. The number of para-hydroxylation sites is 1. The van der Waals surface area contributed by atoms with Crippen molar-refractivity contribution in [2.75, 3.05) is 33.4 Å². The van der Waals surface area contributed by atoms with Crippen molar-refractivity contribution in [2.24, 2.45) is 0 Å². The number of rotatable bonds is 3. The van der Waals surface area contributed by atoms with Gasteiger partial charge in [0.2, 0.25) is 0 Å². The van der Waals surface area contributed by atoms with Gasteiger partial charge in [0.1, 0.15) is 0 Å². The number of hydrogen-bond acceptors (Lipinski definition) is 4. The van der Waals surface area contributed by atoms with E-state index < -0.39 is 0 Å². The van der Waals surface area contributed by atoms with Crippen LogP contribution in [0.2, 0.25) is 0 Å². The van der Waals surface area contributed by atoms with E-state index in [9.17, 15) is 4.79 Å². The van der Waals surface area contributed by atoms with Gasteiger partial charge in [-0.05, 0) is 23.6 Å². The first-order valence-corrected chi connectivity index (χ1v) is 9.92. The number of H-pyrrole nitrogens is 1. The predicted molar refractivity (Wildman–Crippen MR) is 109 cm³/mol. The lowest BCUT2D eigenvalue weighted by atomic mass is 9.82. The highest BCUT2D eigenvalue weighted by molar-refractivity contribution is 5.85. The number of fused-ring (bicyclic) bond motifs is 5. The third-order valence-electron chi connectivity index (χ3n) is 6.21. The first-order chi connectivity index (χ1) is 13.7. The van der Waals surface area contributed by atoms with Gasteiger partial charge in [0, 0.05) is 35.6 Å². The summed E-state index contributed by atoms with van der Waals surface area (Å²) in [5.74, 6) is 0.125. The zero-order valence-corrected chi connectivity index (χ0v) is 16.1. The lowest BCUT2D eigenvalue weighted by Gasteiger charge is -2.48. The van der Waals surface area contributed by atoms with Crippen LogP contribution in [0.5, 0.6) is 0 Å². The molecule has 0 unspecified atom stereocenters. The highest BCUT2D eigenvalue weighted by atomic mass is 16.5. The molecule has 3 aromatic rings. The summed E-state index contributed by atoms with van der Waals surface area (Å²) in [5, 5.41) is 1.35. The minimum Gasteiger partial charge on any atom is -0.468 e. The zero-order chi connectivity index (χ0) is 19.1. The molecule has 0 saturated carbocycles. The summed E-state index contributed by atoms with van der Waals surface area (Å²) in [7, 11) is 1.46. The first-order valence-electron chi connectivity index (χ1n) is 9.92. The van der Waals surface area contributed by atoms with Crippen LogP contribution in [-0.2, 0) is 16.0 Å². The molecule has 0 aliphatic carbocycles. The maximum absolute atomic E-state index is 11.9. The molecule has 2 aliphatic heterocycles. The number of benzene rings is 2. The number of nitrogens with one attached hydrogen (secondary N) is 1. The van der Waals surface area contributed by atoms with Crippen molar-refractivity contribution in [1.82, 2.24) is 14.8 Å². The fourth-order valence-corrected chi connectivity index (χ4v) is 4.98. The molecule has 0 amide bonds. The smallest absolute Gasteiger partial charge is 0.319 e. The van der Waals surface area contributed by atoms with Gasteiger partial charge >= 0.3 is 5.97 Å². The SMILES string of the molecule is COC(=O)CN1C[C@H](c2ccccc2)[C@@H]2c3[nH]c4ccccc4c3CCN2C1. The topological polar surface area (TPSA) is 48.6 Å². The number of aromatic nitrogens is 1. The summed E-state index contributed by atoms with van der Waals surface area (Å²) in [5.41, 5.74) is 5.34. The molecule has 5 nitrogen and oxygen atoms in total. The lowest BCUT2D eigenvalue weighted by Crippen LogP contribution is -2.53. The fourth-order valence-electron chi connectivity index (χ4n) is 4.98. The molecule has 0 bridgehead atoms. The Hall–Kier alpha value is -2.63. The maximum atomic E-state index is 11.9. The van der Waals surface area contributed by atoms with Crippen molar-refractivity contribution in [3.63, 3.8) is 0 Å². The molecular weight excluding hydrogens is 350 g/mol. The van der Waals surface area contributed by atoms with Gasteiger partial charge in [-0.3, -0.25) is 14.6 Å². The van der Waals surface area contributed by atoms with Crippen LogP contribution in [0.15, 0.2) is 54.6 Å². The molecule has 3 heterocycles. The van der Waals surface area contributed by atoms with E-state index in [0.717, 1.165) is 26.2 Å². The van der Waals surface area contributed by atoms with E-state index in [1.54, 1.807) is 0 Å². The van der Waals surface area contributed by atoms with Crippen LogP contribution in [0.1, 0.15) is 28.8 Å². The minimum absolute atomic E-state index is 0.173. The Morgan fingerprint density at radius 2 is 1.93 bits per heavy atom. The van der Waals surface area contributed by atoms with Crippen molar-refractivity contribution in [3.05, 3.63) is 71.4 Å². The molecule has 28 heavy (non-hydrogen) atoms. The summed E-state index contributed by atoms with van der Waals surface area (Å²) < 4.78 is 4.92. The molecule has 1 aromatic heterocycles. The van der Waals surface area contributed by atoms with Crippen molar-refractivity contribution < 1.29 is 9.53 Å². The Bertz CT molecular complexity index is 998. The Kier molecular flexibility index (Phi) is 4.41. The molecule has 2 aliphatic rings. The molecule has 1 saturated heterocycles. The Labute approximate surface area is 164 Å². The summed E-state index contributed by atoms with van der Waals surface area (Å²) in [6, 6.07) is 19.6. The highest BCUT2D eigenvalue weighted by Gasteiger charge is 2.41. The van der Waals surface area contributed by atoms with E-state index in [2.05, 4.69) is 69.4 Å². The second-order valence-corrected chi connectivity index (χ2v) is 7.82. The average Bonchev–Trinajstić information content (AvgIpc) is 3.12. The zero-order valence-electron chi connectivity index (χ0n) is 16.1. The van der Waals surface area contributed by atoms with Gasteiger partial charge < -0.3 is 9.72 Å². The number of methoxy groups -OCH3 is 1. The summed E-state index contributed by atoms with van der Waals surface area (Å²) in [6.07, 6.45) is 1.03. The Morgan fingerprint density at radius 1 is 1.14 bits per heavy atom. The van der Waals surface area contributed by atoms with E-state index >= 15 is 0 Å². The van der Waals surface area contributed by atoms with Gasteiger partial charge in [-0.25, -0.2) is 0 Å². The summed E-state index contributed by atoms with van der Waals surface area (Å²) in [4.78, 5) is 20.4. The Balaban J connectivity index is 1.57. The van der Waals surface area contributed by atoms with Crippen molar-refractivity contribution in [3.8, 4) is 0 Å². The van der Waals surface area contributed by atoms with E-state index in [1.807, 2.05) is 0 Å². The number of ether oxygens (including phenoxy) is 1. The number of esters is 1. The van der Waals surface area contributed by atoms with Gasteiger partial charge in [-0.1, -0.05) is 48.5 Å². The number of hydrogen-bond donors (Lipinski definition) is 1. The van der Waals surface area contributed by atoms with E-state index in [-0.39, 0.29) is 5.97 Å². The largest absolute Gasteiger partial charge is 0.468 e. The maximum Gasteiger partial charge on any atom is 0.319 e. The molecule has 0 spiro atoms. The quantitative estimate of drug-likeness (QED) is 0.714. The third kappa shape index (κ3) is 2.91. The average molecular weight is 375 g/mol. The molecule has 2 atom stereocenters. The van der Waals surface area contributed by atoms with Gasteiger partial charge in [0.25, 0.3) is 0 Å². The first kappa shape index (κ1) is 17.5. The summed E-state index contributed by atoms with van der Waals surface area (Å²) in [6.45, 7) is 2.97. The van der Waals surface area contributed by atoms with Crippen LogP contribution in [0.3, 0.4) is 0 Å². The van der Waals surface area contributed by atoms with Crippen molar-refractivity contribution in [1.29, 1.82) is 0 Å². The Morgan fingerprint density at radius 3 is 2.75 bits per heavy atom. The van der Waals surface area contributed by atoms with Crippen molar-refractivity contribution >= 4 is 16.9 Å². The number of nitrogens with zero attached hydrogens (tertiary/aromatic N) is 2. The highest BCUT2D eigenvalue weighted by Crippen LogP contribution is 2.44. The van der Waals surface area contributed by atoms with Crippen molar-refractivity contribution in [2.45, 2.75) is 18.4 Å². The molecule has 1 fully saturated rings. The second kappa shape index (κ2) is 7.08. The van der Waals surface area contributed by atoms with Crippen LogP contribution in [-0.4, -0.2) is 54.2 Å². The van der Waals surface area contributed by atoms with E-state index in [0.29, 0.717) is 18.5 Å². The van der Waals surface area contributed by atoms with Gasteiger partial charge in [-0.2, -0.15) is 0 Å². The van der Waals surface area contributed by atoms with E-state index in [1.165, 1.54) is 34.8 Å². The second-order valence-electron chi connectivity index (χ2n) is 7.82. The molecule has 0 radical (unpaired) electrons. The van der Waals surface area contributed by atoms with Crippen LogP contribution >= 0.6 is 0 Å². The van der Waals surface area contributed by atoms with Crippen LogP contribution in [0, 0.1) is 0 Å². The van der Waals surface area contributed by atoms with Crippen LogP contribution < -0.4 is 0 Å². The van der Waals surface area contributed by atoms with Gasteiger partial charge in [-0.15, -0.1) is 0 Å². The minimum atomic E-state index is -0.173. The van der Waals surface area contributed by atoms with Gasteiger partial charge in [0.15, 0.2) is 0 Å². The molecule has 5 heteroatoms. The van der Waals surface area contributed by atoms with Crippen LogP contribution in [0.25, 0.3) is 10.9 Å². The fraction of sp³-hybridized carbons (Fsp3) is 0.348. The standard InChI is InChI=1S/C23H25N3O2/c1-28-21(27)14-25-13-19(16-7-3-2-4-8-16)23-22-18(11-12-26(23)15-25)17-9-5-6-10-20(17)24-22/h2-10,19,23-24H,11-15H2,1H3/t19-,23-/m1/s1. The predicted octanol–water partition coefficient (Wildman–Crippen LogP) is 3.30. The lowest BCUT2D eigenvalue weighted by molar-refractivity contribution is -0.143. The van der Waals surface area contributed by atoms with Gasteiger partial charge in [0.05, 0.1) is 26.4 Å². The number of aromatic amines is 1. The molecule has 144 valence electrons. The molecule has 5 rings (SSSR count). The third-order valence-corrected chi connectivity index (χ3v) is 6.21. The van der Waals surface area contributed by atoms with E-state index in [4.69, 9.17) is 4.74 Å². The summed E-state index contributed by atoms with van der Waals surface area (Å²) >= 11 is 0. The molecular formula is C23H25N3O2. The normalized spacial score (nSPS) is 22.6. The monoisotopic (exact) mass is 375 g/mol. The molecule has 1 N–H and O–H groups in total. The van der Waals surface area contributed by atoms with Crippen LogP contribution in [0.4, 0.5) is 0 Å².